The van der Waals surface area contributed by atoms with E-state index in [1.165, 1.54) is 12.1 Å². The van der Waals surface area contributed by atoms with Gasteiger partial charge >= 0.3 is 11.9 Å². The number of nitrogens with zero attached hydrogens (tertiary/aromatic N) is 6. The number of unbranched alkanes of at least 4 members (excludes halogenated alkanes) is 3. The van der Waals surface area contributed by atoms with Crippen molar-refractivity contribution < 1.29 is 38.7 Å². The highest BCUT2D eigenvalue weighted by Gasteiger charge is 2.17. The Kier molecular flexibility index (Phi) is 15.6. The molecule has 0 aliphatic carbocycles. The molecule has 8 rings (SSSR count). The van der Waals surface area contributed by atoms with Crippen molar-refractivity contribution >= 4 is 11.9 Å². The lowest BCUT2D eigenvalue weighted by Gasteiger charge is -2.11. The zero-order valence-electron chi connectivity index (χ0n) is 37.1. The number of aromatic nitrogens is 6. The SMILES string of the molecule is O=C(CCCCCCC(=O)OCCOc1ccc(-c2nc(-c3ccccc3)nc(-c3ccccc3)n2)c(O)c1)OCCOc1ccc(-c2nc(-c3ccccc3)nc(-c3ccccc3)n2)c(O)c1. The molecule has 0 bridgehead atoms. The summed E-state index contributed by atoms with van der Waals surface area (Å²) in [6, 6.07) is 48.0. The number of benzene rings is 6. The number of aromatic hydroxyl groups is 2. The summed E-state index contributed by atoms with van der Waals surface area (Å²) in [6.07, 6.45) is 3.23. The molecule has 6 aromatic carbocycles. The van der Waals surface area contributed by atoms with E-state index in [1.807, 2.05) is 121 Å². The van der Waals surface area contributed by atoms with Gasteiger partial charge in [0.1, 0.15) is 49.4 Å². The third kappa shape index (κ3) is 12.6. The Morgan fingerprint density at radius 2 is 0.676 bits per heavy atom. The fourth-order valence-corrected chi connectivity index (χ4v) is 7.11. The lowest BCUT2D eigenvalue weighted by atomic mass is 10.1. The summed E-state index contributed by atoms with van der Waals surface area (Å²) in [6.45, 7) is 0.292. The smallest absolute Gasteiger partial charge is 0.305 e. The second kappa shape index (κ2) is 23.1. The van der Waals surface area contributed by atoms with E-state index in [0.29, 0.717) is 70.4 Å². The van der Waals surface area contributed by atoms with E-state index in [9.17, 15) is 19.8 Å². The van der Waals surface area contributed by atoms with E-state index < -0.39 is 0 Å². The van der Waals surface area contributed by atoms with E-state index in [4.69, 9.17) is 18.9 Å². The van der Waals surface area contributed by atoms with Gasteiger partial charge in [-0.25, -0.2) is 29.9 Å². The first-order chi connectivity index (χ1) is 33.4. The third-order valence-corrected chi connectivity index (χ3v) is 10.6. The highest BCUT2D eigenvalue weighted by Crippen LogP contribution is 2.34. The van der Waals surface area contributed by atoms with Gasteiger partial charge in [0, 0.05) is 47.2 Å². The van der Waals surface area contributed by atoms with Crippen LogP contribution in [0.5, 0.6) is 23.0 Å². The summed E-state index contributed by atoms with van der Waals surface area (Å²) in [5, 5.41) is 22.0. The first-order valence-corrected chi connectivity index (χ1v) is 22.3. The van der Waals surface area contributed by atoms with Crippen LogP contribution in [0.3, 0.4) is 0 Å². The highest BCUT2D eigenvalue weighted by molar-refractivity contribution is 5.72. The van der Waals surface area contributed by atoms with E-state index in [0.717, 1.165) is 35.1 Å². The molecule has 0 aliphatic heterocycles. The summed E-state index contributed by atoms with van der Waals surface area (Å²) >= 11 is 0. The van der Waals surface area contributed by atoms with E-state index in [1.54, 1.807) is 24.3 Å². The second-order valence-electron chi connectivity index (χ2n) is 15.5. The van der Waals surface area contributed by atoms with Gasteiger partial charge in [0.05, 0.1) is 11.1 Å². The van der Waals surface area contributed by atoms with E-state index in [2.05, 4.69) is 29.9 Å². The van der Waals surface area contributed by atoms with Gasteiger partial charge in [-0.1, -0.05) is 134 Å². The summed E-state index contributed by atoms with van der Waals surface area (Å²) in [5.41, 5.74) is 4.10. The molecule has 0 atom stereocenters. The molecule has 0 radical (unpaired) electrons. The van der Waals surface area contributed by atoms with E-state index in [-0.39, 0.29) is 62.7 Å². The second-order valence-corrected chi connectivity index (χ2v) is 15.5. The Labute approximate surface area is 393 Å². The maximum atomic E-state index is 12.3. The number of rotatable bonds is 21. The Bertz CT molecular complexity index is 2610. The number of carbonyl (C=O) groups excluding carboxylic acids is 2. The van der Waals surface area contributed by atoms with Crippen LogP contribution in [0.2, 0.25) is 0 Å². The number of ether oxygens (including phenoxy) is 4. The fraction of sp³-hybridized carbons (Fsp3) is 0.185. The summed E-state index contributed by atoms with van der Waals surface area (Å²) < 4.78 is 22.2. The van der Waals surface area contributed by atoms with Crippen LogP contribution >= 0.6 is 0 Å². The minimum Gasteiger partial charge on any atom is -0.507 e. The molecule has 342 valence electrons. The number of esters is 2. The zero-order chi connectivity index (χ0) is 46.9. The molecule has 0 amide bonds. The van der Waals surface area contributed by atoms with Gasteiger partial charge in [0.25, 0.3) is 0 Å². The van der Waals surface area contributed by atoms with Crippen LogP contribution in [0.1, 0.15) is 38.5 Å². The van der Waals surface area contributed by atoms with Crippen LogP contribution in [0.25, 0.3) is 68.3 Å². The molecule has 2 N–H and O–H groups in total. The van der Waals surface area contributed by atoms with Crippen LogP contribution in [-0.2, 0) is 19.1 Å². The molecule has 2 aromatic heterocycles. The minimum absolute atomic E-state index is 0.0458. The van der Waals surface area contributed by atoms with Crippen molar-refractivity contribution in [1.82, 2.24) is 29.9 Å². The molecule has 0 unspecified atom stereocenters. The Morgan fingerprint density at radius 3 is 0.985 bits per heavy atom. The summed E-state index contributed by atoms with van der Waals surface area (Å²) in [4.78, 5) is 52.7. The summed E-state index contributed by atoms with van der Waals surface area (Å²) in [7, 11) is 0. The zero-order valence-corrected chi connectivity index (χ0v) is 37.1. The predicted octanol–water partition coefficient (Wildman–Crippen LogP) is 10.4. The monoisotopic (exact) mass is 908 g/mol. The standard InChI is InChI=1S/C54H48N6O8/c61-45-35-41(27-29-43(45)53-57-49(37-17-7-3-8-18-37)55-50(58-53)38-19-9-4-10-20-38)65-31-33-67-47(63)25-15-1-2-16-26-48(64)68-34-32-66-42-28-30-44(46(62)36-42)54-59-51(39-21-11-5-12-22-39)56-52(60-54)40-23-13-6-14-24-40/h3-14,17-24,27-30,35-36,61-62H,1-2,15-16,25-26,31-34H2. The predicted molar refractivity (Wildman–Crippen MR) is 256 cm³/mol. The van der Waals surface area contributed by atoms with Crippen LogP contribution in [-0.4, -0.2) is 78.5 Å². The number of phenolic OH excluding ortho intramolecular Hbond substituents is 2. The van der Waals surface area contributed by atoms with Crippen LogP contribution in [0.4, 0.5) is 0 Å². The molecular formula is C54H48N6O8. The topological polar surface area (TPSA) is 189 Å². The molecular weight excluding hydrogens is 861 g/mol. The molecule has 14 heteroatoms. The van der Waals surface area contributed by atoms with Gasteiger partial charge in [-0.3, -0.25) is 9.59 Å². The van der Waals surface area contributed by atoms with Crippen LogP contribution in [0, 0.1) is 0 Å². The van der Waals surface area contributed by atoms with Gasteiger partial charge < -0.3 is 29.2 Å². The summed E-state index contributed by atoms with van der Waals surface area (Å²) in [5.74, 6) is 2.53. The largest absolute Gasteiger partial charge is 0.507 e. The minimum atomic E-state index is -0.340. The molecule has 0 saturated heterocycles. The lowest BCUT2D eigenvalue weighted by molar-refractivity contribution is -0.145. The van der Waals surface area contributed by atoms with Gasteiger partial charge in [-0.2, -0.15) is 0 Å². The molecule has 0 aliphatic rings. The maximum absolute atomic E-state index is 12.3. The van der Waals surface area contributed by atoms with Crippen LogP contribution < -0.4 is 9.47 Å². The average Bonchev–Trinajstić information content (AvgIpc) is 3.38. The fourth-order valence-electron chi connectivity index (χ4n) is 7.11. The number of carbonyl (C=O) groups is 2. The quantitative estimate of drug-likeness (QED) is 0.0512. The van der Waals surface area contributed by atoms with Crippen molar-refractivity contribution in [2.75, 3.05) is 26.4 Å². The van der Waals surface area contributed by atoms with Crippen molar-refractivity contribution in [2.45, 2.75) is 38.5 Å². The number of hydrogen-bond donors (Lipinski definition) is 2. The van der Waals surface area contributed by atoms with Crippen molar-refractivity contribution in [1.29, 1.82) is 0 Å². The Morgan fingerprint density at radius 1 is 0.368 bits per heavy atom. The third-order valence-electron chi connectivity index (χ3n) is 10.6. The van der Waals surface area contributed by atoms with Crippen LogP contribution in [0.15, 0.2) is 158 Å². The molecule has 8 aromatic rings. The number of phenols is 2. The molecule has 14 nitrogen and oxygen atoms in total. The Balaban J connectivity index is 0.708. The van der Waals surface area contributed by atoms with Crippen molar-refractivity contribution in [3.63, 3.8) is 0 Å². The number of hydrogen-bond acceptors (Lipinski definition) is 14. The highest BCUT2D eigenvalue weighted by atomic mass is 16.6. The Hall–Kier alpha value is -8.52. The van der Waals surface area contributed by atoms with Gasteiger partial charge in [-0.05, 0) is 37.1 Å². The van der Waals surface area contributed by atoms with Crippen molar-refractivity contribution in [2.24, 2.45) is 0 Å². The van der Waals surface area contributed by atoms with Gasteiger partial charge in [0.15, 0.2) is 34.9 Å². The van der Waals surface area contributed by atoms with E-state index >= 15 is 0 Å². The maximum Gasteiger partial charge on any atom is 0.305 e. The molecule has 0 saturated carbocycles. The van der Waals surface area contributed by atoms with Crippen molar-refractivity contribution in [3.05, 3.63) is 158 Å². The first-order valence-electron chi connectivity index (χ1n) is 22.3. The lowest BCUT2D eigenvalue weighted by Crippen LogP contribution is -2.12. The average molecular weight is 909 g/mol. The van der Waals surface area contributed by atoms with Gasteiger partial charge in [-0.15, -0.1) is 0 Å². The molecule has 2 heterocycles. The normalized spacial score (nSPS) is 10.9. The van der Waals surface area contributed by atoms with Gasteiger partial charge in [0.2, 0.25) is 0 Å². The molecule has 68 heavy (non-hydrogen) atoms. The molecule has 0 spiro atoms. The van der Waals surface area contributed by atoms with Crippen molar-refractivity contribution in [3.8, 4) is 91.3 Å². The molecule has 0 fully saturated rings. The first kappa shape index (κ1) is 46.0.